The van der Waals surface area contributed by atoms with E-state index in [0.29, 0.717) is 0 Å². The molecular weight excluding hydrogens is 689 g/mol. The van der Waals surface area contributed by atoms with E-state index in [9.17, 15) is 103 Å². The van der Waals surface area contributed by atoms with E-state index in [2.05, 4.69) is 0 Å². The largest absolute Gasteiger partial charge is 0.460 e. The van der Waals surface area contributed by atoms with Crippen molar-refractivity contribution in [2.45, 2.75) is 104 Å². The van der Waals surface area contributed by atoms with Crippen molar-refractivity contribution in [2.75, 3.05) is 19.8 Å². The highest BCUT2D eigenvalue weighted by Gasteiger charge is 2.90. The van der Waals surface area contributed by atoms with Crippen LogP contribution in [0.5, 0.6) is 0 Å². The van der Waals surface area contributed by atoms with Gasteiger partial charge in [-0.25, -0.2) is 0 Å². The first-order chi connectivity index (χ1) is 20.6. The molecule has 0 spiro atoms. The molecule has 0 saturated carbocycles. The van der Waals surface area contributed by atoms with Crippen molar-refractivity contribution in [3.8, 4) is 0 Å². The minimum atomic E-state index is -8.09. The first-order valence-corrected chi connectivity index (χ1v) is 12.4. The predicted octanol–water partition coefficient (Wildman–Crippen LogP) is -1.12. The summed E-state index contributed by atoms with van der Waals surface area (Å²) in [7, 11) is 0. The Balaban J connectivity index is 2.96. The quantitative estimate of drug-likeness (QED) is 0.0691. The van der Waals surface area contributed by atoms with Gasteiger partial charge in [-0.3, -0.25) is 4.79 Å². The molecule has 12 nitrogen and oxygen atoms in total. The third-order valence-electron chi connectivity index (χ3n) is 6.60. The fraction of sp³-hybridized carbons (Fsp3) is 0.952. The summed E-state index contributed by atoms with van der Waals surface area (Å²) in [6.07, 6.45) is -32.1. The van der Waals surface area contributed by atoms with E-state index in [1.807, 2.05) is 0 Å². The number of aliphatic hydroxyl groups is 8. The summed E-state index contributed by atoms with van der Waals surface area (Å²) >= 11 is 0. The Bertz CT molecular complexity index is 1010. The predicted molar refractivity (Wildman–Crippen MR) is 117 cm³/mol. The Morgan fingerprint density at radius 3 is 1.72 bits per heavy atom. The highest BCUT2D eigenvalue weighted by molar-refractivity contribution is 5.81. The molecule has 9 N–H and O–H groups in total. The van der Waals surface area contributed by atoms with Crippen LogP contribution in [0.25, 0.3) is 0 Å². The van der Waals surface area contributed by atoms with Gasteiger partial charge in [0.15, 0.2) is 12.4 Å². The summed E-state index contributed by atoms with van der Waals surface area (Å²) in [6, 6.07) is 0. The summed E-state index contributed by atoms with van der Waals surface area (Å²) in [5.74, 6) is -39.8. The number of hydrogen-bond acceptors (Lipinski definition) is 11. The molecule has 0 aromatic rings. The van der Waals surface area contributed by atoms with Gasteiger partial charge >= 0.3 is 35.8 Å². The highest BCUT2D eigenvalue weighted by Crippen LogP contribution is 2.60. The molecule has 9 atom stereocenters. The normalized spacial score (nSPS) is 26.8. The van der Waals surface area contributed by atoms with Crippen LogP contribution in [0.1, 0.15) is 12.8 Å². The lowest BCUT2D eigenvalue weighted by Gasteiger charge is -2.42. The smallest absolute Gasteiger partial charge is 0.394 e. The van der Waals surface area contributed by atoms with E-state index >= 15 is 0 Å². The number of carbonyl (C=O) groups is 1. The third kappa shape index (κ3) is 7.89. The molecule has 0 aliphatic carbocycles. The Morgan fingerprint density at radius 1 is 0.761 bits per heavy atom. The SMILES string of the molecule is O=C(NCCCC(F)(F)C(F)(F)C(F)(F)C(F)(F)C(F)(F)C(F)(F)F)C(O)C(O)C(OC1OC(CO)C(O)C(O)C1O)C(O)CO. The zero-order valence-electron chi connectivity index (χ0n) is 22.4. The summed E-state index contributed by atoms with van der Waals surface area (Å²) < 4.78 is 181. The molecule has 274 valence electrons. The Morgan fingerprint density at radius 2 is 1.26 bits per heavy atom. The second-order valence-electron chi connectivity index (χ2n) is 9.88. The highest BCUT2D eigenvalue weighted by atomic mass is 19.4. The average molecular weight is 717 g/mol. The summed E-state index contributed by atoms with van der Waals surface area (Å²) in [5.41, 5.74) is 0. The van der Waals surface area contributed by atoms with Gasteiger partial charge in [0.1, 0.15) is 42.7 Å². The maximum absolute atomic E-state index is 13.9. The van der Waals surface area contributed by atoms with Gasteiger partial charge in [0, 0.05) is 13.0 Å². The van der Waals surface area contributed by atoms with E-state index < -0.39 is 129 Å². The number of amides is 1. The van der Waals surface area contributed by atoms with E-state index in [-0.39, 0.29) is 0 Å². The number of nitrogens with one attached hydrogen (secondary N) is 1. The van der Waals surface area contributed by atoms with Gasteiger partial charge in [0.25, 0.3) is 5.91 Å². The number of carbonyl (C=O) groups excluding carboxylic acids is 1. The second kappa shape index (κ2) is 14.7. The van der Waals surface area contributed by atoms with Crippen molar-refractivity contribution < 1.29 is 112 Å². The molecule has 1 fully saturated rings. The maximum atomic E-state index is 13.9. The lowest BCUT2D eigenvalue weighted by atomic mass is 9.92. The van der Waals surface area contributed by atoms with Crippen molar-refractivity contribution in [3.05, 3.63) is 0 Å². The Labute approximate surface area is 247 Å². The third-order valence-corrected chi connectivity index (χ3v) is 6.60. The van der Waals surface area contributed by atoms with E-state index in [1.54, 1.807) is 0 Å². The van der Waals surface area contributed by atoms with Gasteiger partial charge in [-0.2, -0.15) is 57.1 Å². The fourth-order valence-electron chi connectivity index (χ4n) is 3.76. The maximum Gasteiger partial charge on any atom is 0.460 e. The Hall–Kier alpha value is -1.84. The topological polar surface area (TPSA) is 209 Å². The van der Waals surface area contributed by atoms with Crippen molar-refractivity contribution >= 4 is 5.91 Å². The van der Waals surface area contributed by atoms with Gasteiger partial charge in [0.05, 0.1) is 13.2 Å². The van der Waals surface area contributed by atoms with Crippen LogP contribution in [-0.2, 0) is 14.3 Å². The van der Waals surface area contributed by atoms with Crippen molar-refractivity contribution in [1.82, 2.24) is 5.32 Å². The lowest BCUT2D eigenvalue weighted by molar-refractivity contribution is -0.440. The first-order valence-electron chi connectivity index (χ1n) is 12.4. The molecule has 0 aromatic heterocycles. The van der Waals surface area contributed by atoms with Crippen LogP contribution < -0.4 is 5.32 Å². The van der Waals surface area contributed by atoms with Crippen LogP contribution in [-0.4, -0.2) is 157 Å². The van der Waals surface area contributed by atoms with E-state index in [4.69, 9.17) is 9.47 Å². The van der Waals surface area contributed by atoms with Crippen molar-refractivity contribution in [2.24, 2.45) is 0 Å². The van der Waals surface area contributed by atoms with Crippen LogP contribution >= 0.6 is 0 Å². The van der Waals surface area contributed by atoms with Gasteiger partial charge in [-0.15, -0.1) is 0 Å². The molecule has 1 aliphatic rings. The first kappa shape index (κ1) is 42.2. The molecule has 0 bridgehead atoms. The molecule has 1 aliphatic heterocycles. The number of alkyl halides is 13. The number of hydrogen-bond donors (Lipinski definition) is 9. The molecule has 0 radical (unpaired) electrons. The van der Waals surface area contributed by atoms with E-state index in [1.165, 1.54) is 5.32 Å². The zero-order chi connectivity index (χ0) is 36.4. The summed E-state index contributed by atoms with van der Waals surface area (Å²) in [4.78, 5) is 12.1. The van der Waals surface area contributed by atoms with Gasteiger partial charge < -0.3 is 55.6 Å². The van der Waals surface area contributed by atoms with Crippen LogP contribution in [0.4, 0.5) is 57.1 Å². The molecule has 9 unspecified atom stereocenters. The number of aliphatic hydroxyl groups excluding tert-OH is 8. The number of halogens is 13. The fourth-order valence-corrected chi connectivity index (χ4v) is 3.76. The minimum Gasteiger partial charge on any atom is -0.394 e. The summed E-state index contributed by atoms with van der Waals surface area (Å²) in [6.45, 7) is -3.71. The monoisotopic (exact) mass is 717 g/mol. The number of ether oxygens (including phenoxy) is 2. The van der Waals surface area contributed by atoms with Gasteiger partial charge in [-0.1, -0.05) is 0 Å². The molecule has 46 heavy (non-hydrogen) atoms. The Kier molecular flexibility index (Phi) is 13.5. The average Bonchev–Trinajstić information content (AvgIpc) is 2.95. The molecular formula is C21H28F13NO11. The summed E-state index contributed by atoms with van der Waals surface area (Å²) in [5, 5.41) is 79.5. The van der Waals surface area contributed by atoms with Crippen LogP contribution in [0, 0.1) is 0 Å². The molecule has 25 heteroatoms. The van der Waals surface area contributed by atoms with Crippen LogP contribution in [0.15, 0.2) is 0 Å². The standard InChI is InChI=1S/C21H28F13NO11/c22-16(23,17(24,25)18(26,27)19(28,29)20(30,31)21(32,33)34)2-1-3-35-14(44)11(42)10(41)13(6(38)4-36)46-15-12(43)9(40)8(39)7(5-37)45-15/h6-13,15,36-43H,1-5H2,(H,35,44). The zero-order valence-corrected chi connectivity index (χ0v) is 22.4. The lowest BCUT2D eigenvalue weighted by Crippen LogP contribution is -2.70. The van der Waals surface area contributed by atoms with Gasteiger partial charge in [0.2, 0.25) is 0 Å². The molecule has 0 aromatic carbocycles. The molecule has 1 amide bonds. The molecule has 1 rings (SSSR count). The van der Waals surface area contributed by atoms with Crippen molar-refractivity contribution in [1.29, 1.82) is 0 Å². The van der Waals surface area contributed by atoms with Crippen LogP contribution in [0.3, 0.4) is 0 Å². The molecule has 1 saturated heterocycles. The van der Waals surface area contributed by atoms with Gasteiger partial charge in [-0.05, 0) is 6.42 Å². The second-order valence-corrected chi connectivity index (χ2v) is 9.88. The number of rotatable bonds is 16. The van der Waals surface area contributed by atoms with Crippen LogP contribution in [0.2, 0.25) is 0 Å². The van der Waals surface area contributed by atoms with Crippen molar-refractivity contribution in [3.63, 3.8) is 0 Å². The minimum absolute atomic E-state index is 1.00. The molecule has 1 heterocycles. The van der Waals surface area contributed by atoms with E-state index in [0.717, 1.165) is 0 Å².